The highest BCUT2D eigenvalue weighted by Crippen LogP contribution is 2.33. The molecule has 0 amide bonds. The summed E-state index contributed by atoms with van der Waals surface area (Å²) >= 11 is 6.79. The molecule has 5 heteroatoms. The number of hydrogen-bond donors (Lipinski definition) is 0. The molecule has 74 valence electrons. The highest BCUT2D eigenvalue weighted by Gasteiger charge is 2.06. The molecule has 2 aromatic rings. The third-order valence-corrected chi connectivity index (χ3v) is 4.31. The Morgan fingerprint density at radius 3 is 3.00 bits per heavy atom. The molecule has 0 atom stereocenters. The van der Waals surface area contributed by atoms with Crippen LogP contribution in [0.4, 0.5) is 0 Å². The van der Waals surface area contributed by atoms with Crippen molar-refractivity contribution in [1.82, 2.24) is 4.98 Å². The molecular weight excluding hydrogens is 282 g/mol. The van der Waals surface area contributed by atoms with Crippen LogP contribution in [0.3, 0.4) is 0 Å². The number of nitrogens with zero attached hydrogens (tertiary/aromatic N) is 1. The fourth-order valence-corrected chi connectivity index (χ4v) is 3.33. The molecule has 0 spiro atoms. The number of thiophene rings is 1. The monoisotopic (exact) mass is 289 g/mol. The third-order valence-electron chi connectivity index (χ3n) is 1.63. The lowest BCUT2D eigenvalue weighted by molar-refractivity contribution is 0.182. The fraction of sp³-hybridized carbons (Fsp3) is 0.222. The van der Waals surface area contributed by atoms with Gasteiger partial charge >= 0.3 is 0 Å². The van der Waals surface area contributed by atoms with Gasteiger partial charge in [0.05, 0.1) is 21.0 Å². The lowest BCUT2D eigenvalue weighted by Crippen LogP contribution is -1.86. The van der Waals surface area contributed by atoms with E-state index in [1.54, 1.807) is 29.8 Å². The maximum Gasteiger partial charge on any atom is 0.133 e. The predicted molar refractivity (Wildman–Crippen MR) is 63.8 cm³/mol. The van der Waals surface area contributed by atoms with Gasteiger partial charge in [-0.3, -0.25) is 0 Å². The third kappa shape index (κ3) is 2.23. The first-order chi connectivity index (χ1) is 6.79. The Kier molecular flexibility index (Phi) is 3.33. The Labute approximate surface area is 98.7 Å². The minimum atomic E-state index is 0.586. The molecule has 2 aromatic heterocycles. The first kappa shape index (κ1) is 10.3. The topological polar surface area (TPSA) is 22.1 Å². The van der Waals surface area contributed by atoms with Crippen LogP contribution < -0.4 is 0 Å². The van der Waals surface area contributed by atoms with Gasteiger partial charge in [-0.25, -0.2) is 4.98 Å². The van der Waals surface area contributed by atoms with Gasteiger partial charge in [-0.1, -0.05) is 0 Å². The van der Waals surface area contributed by atoms with E-state index >= 15 is 0 Å². The smallest absolute Gasteiger partial charge is 0.133 e. The minimum Gasteiger partial charge on any atom is -0.378 e. The summed E-state index contributed by atoms with van der Waals surface area (Å²) in [7, 11) is 1.68. The van der Waals surface area contributed by atoms with E-state index in [1.807, 2.05) is 11.4 Å². The van der Waals surface area contributed by atoms with Gasteiger partial charge in [0.15, 0.2) is 0 Å². The van der Waals surface area contributed by atoms with Crippen LogP contribution in [0.25, 0.3) is 9.88 Å². The Morgan fingerprint density at radius 2 is 2.36 bits per heavy atom. The second kappa shape index (κ2) is 4.53. The van der Waals surface area contributed by atoms with Gasteiger partial charge in [0.2, 0.25) is 0 Å². The van der Waals surface area contributed by atoms with E-state index in [0.717, 1.165) is 14.5 Å². The lowest BCUT2D eigenvalue weighted by Gasteiger charge is -1.90. The van der Waals surface area contributed by atoms with Crippen molar-refractivity contribution >= 4 is 38.6 Å². The second-order valence-corrected chi connectivity index (χ2v) is 6.00. The number of halogens is 1. The molecule has 0 bridgehead atoms. The van der Waals surface area contributed by atoms with Crippen LogP contribution in [0.5, 0.6) is 0 Å². The molecule has 0 radical (unpaired) electrons. The zero-order valence-corrected chi connectivity index (χ0v) is 10.7. The molecular formula is C9H8BrNOS2. The molecule has 14 heavy (non-hydrogen) atoms. The molecule has 0 saturated carbocycles. The molecule has 2 rings (SSSR count). The summed E-state index contributed by atoms with van der Waals surface area (Å²) < 4.78 is 6.16. The van der Waals surface area contributed by atoms with Crippen molar-refractivity contribution in [3.63, 3.8) is 0 Å². The molecule has 0 saturated heterocycles. The van der Waals surface area contributed by atoms with Crippen LogP contribution in [0, 0.1) is 0 Å². The van der Waals surface area contributed by atoms with Crippen LogP contribution in [0.1, 0.15) is 5.69 Å². The van der Waals surface area contributed by atoms with Crippen molar-refractivity contribution in [3.05, 3.63) is 27.0 Å². The van der Waals surface area contributed by atoms with Crippen molar-refractivity contribution in [2.45, 2.75) is 6.61 Å². The van der Waals surface area contributed by atoms with Gasteiger partial charge in [0, 0.05) is 12.5 Å². The molecule has 2 nitrogen and oxygen atoms in total. The van der Waals surface area contributed by atoms with Gasteiger partial charge in [-0.2, -0.15) is 0 Å². The van der Waals surface area contributed by atoms with E-state index < -0.39 is 0 Å². The molecule has 0 aliphatic rings. The maximum absolute atomic E-state index is 5.02. The van der Waals surface area contributed by atoms with E-state index in [2.05, 4.69) is 27.0 Å². The molecule has 0 N–H and O–H groups in total. The summed E-state index contributed by atoms with van der Waals surface area (Å²) in [6.45, 7) is 0.586. The minimum absolute atomic E-state index is 0.586. The Balaban J connectivity index is 2.24. The average molecular weight is 290 g/mol. The first-order valence-corrected chi connectivity index (χ1v) is 6.47. The van der Waals surface area contributed by atoms with Gasteiger partial charge in [0.1, 0.15) is 5.01 Å². The van der Waals surface area contributed by atoms with Gasteiger partial charge in [-0.05, 0) is 28.1 Å². The summed E-state index contributed by atoms with van der Waals surface area (Å²) in [5.74, 6) is 0. The normalized spacial score (nSPS) is 10.7. The Bertz CT molecular complexity index is 424. The average Bonchev–Trinajstić information content (AvgIpc) is 2.74. The Morgan fingerprint density at radius 1 is 1.50 bits per heavy atom. The number of methoxy groups -OCH3 is 1. The summed E-state index contributed by atoms with van der Waals surface area (Å²) in [5, 5.41) is 3.10. The summed E-state index contributed by atoms with van der Waals surface area (Å²) in [6, 6.07) is 4.11. The molecule has 0 unspecified atom stereocenters. The highest BCUT2D eigenvalue weighted by molar-refractivity contribution is 9.11. The van der Waals surface area contributed by atoms with E-state index in [9.17, 15) is 0 Å². The van der Waals surface area contributed by atoms with Crippen LogP contribution in [0.2, 0.25) is 0 Å². The maximum atomic E-state index is 5.02. The van der Waals surface area contributed by atoms with Crippen molar-refractivity contribution in [2.24, 2.45) is 0 Å². The van der Waals surface area contributed by atoms with Gasteiger partial charge in [0.25, 0.3) is 0 Å². The van der Waals surface area contributed by atoms with Crippen molar-refractivity contribution < 1.29 is 4.74 Å². The van der Waals surface area contributed by atoms with Gasteiger partial charge in [-0.15, -0.1) is 22.7 Å². The quantitative estimate of drug-likeness (QED) is 0.858. The number of aromatic nitrogens is 1. The molecule has 0 aliphatic heterocycles. The number of hydrogen-bond acceptors (Lipinski definition) is 4. The lowest BCUT2D eigenvalue weighted by atomic mass is 10.5. The first-order valence-electron chi connectivity index (χ1n) is 3.98. The van der Waals surface area contributed by atoms with E-state index in [1.165, 1.54) is 4.88 Å². The van der Waals surface area contributed by atoms with E-state index in [0.29, 0.717) is 6.61 Å². The molecule has 0 fully saturated rings. The van der Waals surface area contributed by atoms with Crippen LogP contribution in [0.15, 0.2) is 21.3 Å². The van der Waals surface area contributed by atoms with Crippen molar-refractivity contribution in [3.8, 4) is 9.88 Å². The highest BCUT2D eigenvalue weighted by atomic mass is 79.9. The van der Waals surface area contributed by atoms with Gasteiger partial charge < -0.3 is 4.74 Å². The summed E-state index contributed by atoms with van der Waals surface area (Å²) in [6.07, 6.45) is 0. The predicted octanol–water partition coefficient (Wildman–Crippen LogP) is 3.78. The summed E-state index contributed by atoms with van der Waals surface area (Å²) in [4.78, 5) is 5.67. The van der Waals surface area contributed by atoms with E-state index in [4.69, 9.17) is 4.74 Å². The Hall–Kier alpha value is -0.230. The summed E-state index contributed by atoms with van der Waals surface area (Å²) in [5.41, 5.74) is 0.997. The standard InChI is InChI=1S/C9H8BrNOS2/c1-12-4-6-5-13-9(11-6)7-2-3-8(10)14-7/h2-3,5H,4H2,1H3. The zero-order valence-electron chi connectivity index (χ0n) is 7.49. The molecule has 2 heterocycles. The van der Waals surface area contributed by atoms with Crippen molar-refractivity contribution in [2.75, 3.05) is 7.11 Å². The van der Waals surface area contributed by atoms with Crippen LogP contribution >= 0.6 is 38.6 Å². The van der Waals surface area contributed by atoms with E-state index in [-0.39, 0.29) is 0 Å². The molecule has 0 aliphatic carbocycles. The number of thiazole rings is 1. The zero-order chi connectivity index (χ0) is 9.97. The second-order valence-electron chi connectivity index (χ2n) is 2.68. The largest absolute Gasteiger partial charge is 0.378 e. The number of rotatable bonds is 3. The fourth-order valence-electron chi connectivity index (χ4n) is 1.06. The van der Waals surface area contributed by atoms with Crippen molar-refractivity contribution in [1.29, 1.82) is 0 Å². The van der Waals surface area contributed by atoms with Crippen LogP contribution in [-0.4, -0.2) is 12.1 Å². The van der Waals surface area contributed by atoms with Crippen LogP contribution in [-0.2, 0) is 11.3 Å². The molecule has 0 aromatic carbocycles. The SMILES string of the molecule is COCc1csc(-c2ccc(Br)s2)n1. The number of ether oxygens (including phenoxy) is 1.